The molecule has 2 aromatic heterocycles. The average Bonchev–Trinajstić information content (AvgIpc) is 3.55. The minimum Gasteiger partial charge on any atom is -0.379 e. The van der Waals surface area contributed by atoms with Crippen molar-refractivity contribution in [3.63, 3.8) is 0 Å². The molecular weight excluding hydrogens is 422 g/mol. The summed E-state index contributed by atoms with van der Waals surface area (Å²) >= 11 is 0. The Hall–Kier alpha value is -3.48. The standard InChI is InChI=1S/C27H35N7/c1-4-6-9-23(20-33(3)17-16-21-12-13-21)34(5-2)19-22-14-15-26(28-18-22)24-10-7-8-11-25(24)27-29-31-32-30-27/h5,7-8,10-11,14-15,18,20-21H,2,4,6,9,12-13,16-17,19H2,1,3H3,(H,29,30,31,32)/b23-20-. The lowest BCUT2D eigenvalue weighted by molar-refractivity contribution is 0.382. The fraction of sp³-hybridized carbons (Fsp3) is 0.407. The van der Waals surface area contributed by atoms with Gasteiger partial charge >= 0.3 is 0 Å². The van der Waals surface area contributed by atoms with Gasteiger partial charge in [-0.25, -0.2) is 0 Å². The smallest absolute Gasteiger partial charge is 0.205 e. The van der Waals surface area contributed by atoms with Gasteiger partial charge in [-0.15, -0.1) is 10.2 Å². The van der Waals surface area contributed by atoms with Gasteiger partial charge in [0.25, 0.3) is 0 Å². The highest BCUT2D eigenvalue weighted by atomic mass is 15.5. The normalized spacial score (nSPS) is 13.6. The maximum absolute atomic E-state index is 4.77. The molecule has 7 nitrogen and oxygen atoms in total. The summed E-state index contributed by atoms with van der Waals surface area (Å²) in [7, 11) is 2.19. The first-order chi connectivity index (χ1) is 16.7. The van der Waals surface area contributed by atoms with Gasteiger partial charge in [-0.05, 0) is 48.2 Å². The number of rotatable bonds is 13. The molecule has 1 aromatic carbocycles. The van der Waals surface area contributed by atoms with E-state index in [0.717, 1.165) is 54.2 Å². The Morgan fingerprint density at radius 1 is 1.18 bits per heavy atom. The maximum atomic E-state index is 4.77. The molecule has 4 rings (SSSR count). The van der Waals surface area contributed by atoms with Crippen LogP contribution in [0, 0.1) is 5.92 Å². The molecule has 0 saturated heterocycles. The van der Waals surface area contributed by atoms with Gasteiger partial charge < -0.3 is 9.80 Å². The number of unbranched alkanes of at least 4 members (excludes halogenated alkanes) is 1. The fourth-order valence-electron chi connectivity index (χ4n) is 4.09. The van der Waals surface area contributed by atoms with E-state index in [1.807, 2.05) is 36.7 Å². The summed E-state index contributed by atoms with van der Waals surface area (Å²) in [6.07, 6.45) is 13.7. The SMILES string of the molecule is C=CN(Cc1ccc(-c2ccccc2-c2nn[nH]n2)nc1)/C(=C\N(C)CCC1CC1)CCCC. The van der Waals surface area contributed by atoms with Crippen LogP contribution >= 0.6 is 0 Å². The van der Waals surface area contributed by atoms with Crippen molar-refractivity contribution in [3.05, 3.63) is 72.8 Å². The van der Waals surface area contributed by atoms with Crippen LogP contribution in [0.25, 0.3) is 22.6 Å². The van der Waals surface area contributed by atoms with Crippen molar-refractivity contribution in [2.45, 2.75) is 52.0 Å². The van der Waals surface area contributed by atoms with Crippen LogP contribution in [0.15, 0.2) is 67.3 Å². The first-order valence-corrected chi connectivity index (χ1v) is 12.3. The van der Waals surface area contributed by atoms with Crippen LogP contribution in [0.3, 0.4) is 0 Å². The summed E-state index contributed by atoms with van der Waals surface area (Å²) in [6, 6.07) is 12.2. The third kappa shape index (κ3) is 6.31. The van der Waals surface area contributed by atoms with Crippen molar-refractivity contribution in [2.75, 3.05) is 13.6 Å². The van der Waals surface area contributed by atoms with Gasteiger partial charge in [0.15, 0.2) is 0 Å². The fourth-order valence-corrected chi connectivity index (χ4v) is 4.09. The Labute approximate surface area is 202 Å². The highest BCUT2D eigenvalue weighted by Crippen LogP contribution is 2.32. The second-order valence-electron chi connectivity index (χ2n) is 9.08. The molecule has 1 saturated carbocycles. The van der Waals surface area contributed by atoms with E-state index in [4.69, 9.17) is 4.98 Å². The molecular formula is C27H35N7. The van der Waals surface area contributed by atoms with Crippen LogP contribution in [0.5, 0.6) is 0 Å². The van der Waals surface area contributed by atoms with Gasteiger partial charge in [-0.2, -0.15) is 5.21 Å². The molecule has 0 spiro atoms. The topological polar surface area (TPSA) is 73.8 Å². The van der Waals surface area contributed by atoms with Gasteiger partial charge in [0.1, 0.15) is 0 Å². The van der Waals surface area contributed by atoms with E-state index < -0.39 is 0 Å². The highest BCUT2D eigenvalue weighted by molar-refractivity contribution is 5.78. The van der Waals surface area contributed by atoms with Gasteiger partial charge in [0.05, 0.1) is 5.69 Å². The summed E-state index contributed by atoms with van der Waals surface area (Å²) in [5, 5.41) is 14.5. The summed E-state index contributed by atoms with van der Waals surface area (Å²) in [5.74, 6) is 1.51. The van der Waals surface area contributed by atoms with Crippen molar-refractivity contribution in [1.29, 1.82) is 0 Å². The quantitative estimate of drug-likeness (QED) is 0.358. The van der Waals surface area contributed by atoms with Crippen molar-refractivity contribution >= 4 is 0 Å². The molecule has 0 amide bonds. The number of H-pyrrole nitrogens is 1. The molecule has 2 heterocycles. The van der Waals surface area contributed by atoms with Crippen LogP contribution in [0.2, 0.25) is 0 Å². The second kappa shape index (κ2) is 11.6. The van der Waals surface area contributed by atoms with E-state index in [2.05, 4.69) is 69.3 Å². The van der Waals surface area contributed by atoms with E-state index in [-0.39, 0.29) is 0 Å². The average molecular weight is 458 g/mol. The van der Waals surface area contributed by atoms with Gasteiger partial charge in [-0.3, -0.25) is 4.98 Å². The largest absolute Gasteiger partial charge is 0.379 e. The number of aromatic amines is 1. The maximum Gasteiger partial charge on any atom is 0.205 e. The number of allylic oxidation sites excluding steroid dienone is 1. The predicted octanol–water partition coefficient (Wildman–Crippen LogP) is 5.64. The molecule has 7 heteroatoms. The number of benzene rings is 1. The Bertz CT molecular complexity index is 1070. The van der Waals surface area contributed by atoms with Crippen molar-refractivity contribution in [2.24, 2.45) is 5.92 Å². The summed E-state index contributed by atoms with van der Waals surface area (Å²) in [6.45, 7) is 8.20. The van der Waals surface area contributed by atoms with Gasteiger partial charge in [-0.1, -0.05) is 63.1 Å². The minimum atomic E-state index is 0.566. The molecule has 1 fully saturated rings. The molecule has 1 aliphatic carbocycles. The first kappa shape index (κ1) is 23.7. The molecule has 178 valence electrons. The predicted molar refractivity (Wildman–Crippen MR) is 136 cm³/mol. The first-order valence-electron chi connectivity index (χ1n) is 12.3. The van der Waals surface area contributed by atoms with Crippen molar-refractivity contribution in [1.82, 2.24) is 35.4 Å². The van der Waals surface area contributed by atoms with Crippen molar-refractivity contribution in [3.8, 4) is 22.6 Å². The van der Waals surface area contributed by atoms with E-state index in [1.165, 1.54) is 31.4 Å². The number of hydrogen-bond donors (Lipinski definition) is 1. The summed E-state index contributed by atoms with van der Waals surface area (Å²) in [4.78, 5) is 9.37. The van der Waals surface area contributed by atoms with Gasteiger partial charge in [0.2, 0.25) is 5.82 Å². The van der Waals surface area contributed by atoms with Crippen LogP contribution in [0.4, 0.5) is 0 Å². The number of hydrogen-bond acceptors (Lipinski definition) is 6. The Kier molecular flexibility index (Phi) is 8.07. The molecule has 0 aliphatic heterocycles. The summed E-state index contributed by atoms with van der Waals surface area (Å²) < 4.78 is 0. The second-order valence-corrected chi connectivity index (χ2v) is 9.08. The number of nitrogens with zero attached hydrogens (tertiary/aromatic N) is 6. The van der Waals surface area contributed by atoms with E-state index in [1.54, 1.807) is 0 Å². The molecule has 0 bridgehead atoms. The molecule has 0 radical (unpaired) electrons. The Morgan fingerprint density at radius 3 is 2.65 bits per heavy atom. The molecule has 1 N–H and O–H groups in total. The lowest BCUT2D eigenvalue weighted by Crippen LogP contribution is -2.21. The van der Waals surface area contributed by atoms with Gasteiger partial charge in [0, 0.05) is 49.4 Å². The third-order valence-corrected chi connectivity index (χ3v) is 6.30. The monoisotopic (exact) mass is 457 g/mol. The molecule has 34 heavy (non-hydrogen) atoms. The van der Waals surface area contributed by atoms with Crippen LogP contribution in [0.1, 0.15) is 51.0 Å². The lowest BCUT2D eigenvalue weighted by Gasteiger charge is -2.26. The lowest BCUT2D eigenvalue weighted by atomic mass is 10.0. The van der Waals surface area contributed by atoms with E-state index in [0.29, 0.717) is 5.82 Å². The molecule has 0 atom stereocenters. The molecule has 3 aromatic rings. The Balaban J connectivity index is 1.48. The van der Waals surface area contributed by atoms with Crippen molar-refractivity contribution < 1.29 is 0 Å². The summed E-state index contributed by atoms with van der Waals surface area (Å²) in [5.41, 5.74) is 5.22. The highest BCUT2D eigenvalue weighted by Gasteiger charge is 2.21. The van der Waals surface area contributed by atoms with E-state index in [9.17, 15) is 0 Å². The minimum absolute atomic E-state index is 0.566. The zero-order valence-electron chi connectivity index (χ0n) is 20.3. The zero-order valence-corrected chi connectivity index (χ0v) is 20.3. The number of pyridine rings is 1. The number of tetrazole rings is 1. The number of aromatic nitrogens is 5. The van der Waals surface area contributed by atoms with Crippen LogP contribution in [-0.2, 0) is 6.54 Å². The third-order valence-electron chi connectivity index (χ3n) is 6.30. The molecule has 0 unspecified atom stereocenters. The molecule has 1 aliphatic rings. The van der Waals surface area contributed by atoms with E-state index >= 15 is 0 Å². The van der Waals surface area contributed by atoms with Crippen LogP contribution in [-0.4, -0.2) is 49.0 Å². The van der Waals surface area contributed by atoms with Crippen LogP contribution < -0.4 is 0 Å². The number of nitrogens with one attached hydrogen (secondary N) is 1. The zero-order chi connectivity index (χ0) is 23.8. The Morgan fingerprint density at radius 2 is 2.00 bits per heavy atom.